The van der Waals surface area contributed by atoms with Crippen molar-refractivity contribution in [1.82, 2.24) is 5.32 Å². The van der Waals surface area contributed by atoms with Gasteiger partial charge in [-0.25, -0.2) is 9.79 Å². The average molecular weight is 394 g/mol. The lowest BCUT2D eigenvalue weighted by atomic mass is 9.98. The molecule has 0 unspecified atom stereocenters. The third-order valence-electron chi connectivity index (χ3n) is 4.20. The van der Waals surface area contributed by atoms with Crippen molar-refractivity contribution in [2.45, 2.75) is 31.5 Å². The quantitative estimate of drug-likeness (QED) is 0.284. The molecule has 0 aromatic heterocycles. The van der Waals surface area contributed by atoms with E-state index in [4.69, 9.17) is 31.9 Å². The van der Waals surface area contributed by atoms with Crippen molar-refractivity contribution in [1.29, 1.82) is 0 Å². The molecule has 0 spiro atoms. The summed E-state index contributed by atoms with van der Waals surface area (Å²) in [6, 6.07) is 7.63. The van der Waals surface area contributed by atoms with E-state index in [9.17, 15) is 4.79 Å². The molecule has 1 fully saturated rings. The lowest BCUT2D eigenvalue weighted by Gasteiger charge is -2.31. The highest BCUT2D eigenvalue weighted by Gasteiger charge is 2.25. The summed E-state index contributed by atoms with van der Waals surface area (Å²) < 4.78 is 11.3. The van der Waals surface area contributed by atoms with Crippen LogP contribution >= 0.6 is 11.6 Å². The summed E-state index contributed by atoms with van der Waals surface area (Å²) in [6.07, 6.45) is 4.02. The van der Waals surface area contributed by atoms with E-state index < -0.39 is 11.7 Å². The molecule has 1 heterocycles. The Morgan fingerprint density at radius 1 is 1.48 bits per heavy atom. The number of amidine groups is 1. The van der Waals surface area contributed by atoms with Crippen LogP contribution in [0.1, 0.15) is 30.9 Å². The molecule has 0 radical (unpaired) electrons. The molecule has 1 aromatic carbocycles. The number of halogens is 1. The summed E-state index contributed by atoms with van der Waals surface area (Å²) in [6.45, 7) is 3.97. The van der Waals surface area contributed by atoms with Crippen molar-refractivity contribution < 1.29 is 19.4 Å². The molecule has 2 atom stereocenters. The van der Waals surface area contributed by atoms with Gasteiger partial charge in [0, 0.05) is 17.8 Å². The molecule has 1 aliphatic rings. The summed E-state index contributed by atoms with van der Waals surface area (Å²) in [5.74, 6) is -1.14. The van der Waals surface area contributed by atoms with Gasteiger partial charge < -0.3 is 25.6 Å². The molecular formula is C19H24ClN3O4. The largest absolute Gasteiger partial charge is 0.491 e. The van der Waals surface area contributed by atoms with Gasteiger partial charge in [0.05, 0.1) is 19.3 Å². The van der Waals surface area contributed by atoms with Crippen LogP contribution in [0.3, 0.4) is 0 Å². The number of aliphatic carboxylic acids is 1. The highest BCUT2D eigenvalue weighted by Crippen LogP contribution is 2.31. The Morgan fingerprint density at radius 2 is 2.19 bits per heavy atom. The number of nitrogens with two attached hydrogens (primary N) is 1. The van der Waals surface area contributed by atoms with Gasteiger partial charge in [-0.05, 0) is 37.0 Å². The number of hydrogen-bond acceptors (Lipinski definition) is 5. The molecule has 27 heavy (non-hydrogen) atoms. The smallest absolute Gasteiger partial charge is 0.355 e. The second kappa shape index (κ2) is 9.99. The van der Waals surface area contributed by atoms with E-state index in [1.54, 1.807) is 0 Å². The fourth-order valence-electron chi connectivity index (χ4n) is 2.89. The van der Waals surface area contributed by atoms with Crippen LogP contribution in [-0.4, -0.2) is 36.7 Å². The fourth-order valence-corrected chi connectivity index (χ4v) is 3.02. The van der Waals surface area contributed by atoms with Crippen molar-refractivity contribution >= 4 is 23.4 Å². The Bertz CT molecular complexity index is 731. The van der Waals surface area contributed by atoms with Crippen LogP contribution in [0.4, 0.5) is 0 Å². The highest BCUT2D eigenvalue weighted by molar-refractivity contribution is 6.30. The van der Waals surface area contributed by atoms with Crippen molar-refractivity contribution in [2.24, 2.45) is 10.7 Å². The zero-order chi connectivity index (χ0) is 19.8. The van der Waals surface area contributed by atoms with Gasteiger partial charge in [0.1, 0.15) is 0 Å². The van der Waals surface area contributed by atoms with Gasteiger partial charge in [-0.15, -0.1) is 0 Å². The summed E-state index contributed by atoms with van der Waals surface area (Å²) in [4.78, 5) is 15.2. The number of aliphatic imine (C=N–C) groups is 1. The van der Waals surface area contributed by atoms with Gasteiger partial charge in [-0.1, -0.05) is 30.3 Å². The first-order valence-electron chi connectivity index (χ1n) is 8.57. The van der Waals surface area contributed by atoms with Gasteiger partial charge in [-0.3, -0.25) is 0 Å². The van der Waals surface area contributed by atoms with Crippen LogP contribution < -0.4 is 11.1 Å². The Labute approximate surface area is 163 Å². The third-order valence-corrected chi connectivity index (χ3v) is 4.45. The van der Waals surface area contributed by atoms with Crippen LogP contribution in [0.5, 0.6) is 0 Å². The van der Waals surface area contributed by atoms with E-state index in [0.717, 1.165) is 24.8 Å². The lowest BCUT2D eigenvalue weighted by molar-refractivity contribution is -0.132. The minimum atomic E-state index is -1.29. The molecule has 1 aromatic rings. The van der Waals surface area contributed by atoms with E-state index in [1.807, 2.05) is 24.3 Å². The van der Waals surface area contributed by atoms with Gasteiger partial charge in [0.2, 0.25) is 0 Å². The normalized spacial score (nSPS) is 21.2. The Balaban J connectivity index is 2.05. The molecule has 8 heteroatoms. The molecule has 7 nitrogen and oxygen atoms in total. The van der Waals surface area contributed by atoms with Crippen LogP contribution in [0.25, 0.3) is 0 Å². The van der Waals surface area contributed by atoms with Crippen molar-refractivity contribution in [3.8, 4) is 0 Å². The Kier molecular flexibility index (Phi) is 7.69. The second-order valence-corrected chi connectivity index (χ2v) is 6.46. The van der Waals surface area contributed by atoms with Gasteiger partial charge in [0.15, 0.2) is 17.3 Å². The van der Waals surface area contributed by atoms with Gasteiger partial charge in [-0.2, -0.15) is 0 Å². The maximum Gasteiger partial charge on any atom is 0.355 e. The molecule has 0 amide bonds. The van der Waals surface area contributed by atoms with E-state index in [2.05, 4.69) is 16.9 Å². The number of carboxylic acid groups (broad SMARTS) is 1. The molecule has 0 aliphatic carbocycles. The zero-order valence-corrected chi connectivity index (χ0v) is 15.9. The first-order valence-corrected chi connectivity index (χ1v) is 8.95. The molecule has 4 N–H and O–H groups in total. The topological polar surface area (TPSA) is 106 Å². The number of nitrogens with one attached hydrogen (secondary N) is 1. The van der Waals surface area contributed by atoms with Gasteiger partial charge in [0.25, 0.3) is 0 Å². The number of hydrogen-bond donors (Lipinski definition) is 3. The first-order chi connectivity index (χ1) is 13.0. The van der Waals surface area contributed by atoms with Crippen molar-refractivity contribution in [3.05, 3.63) is 59.1 Å². The highest BCUT2D eigenvalue weighted by atomic mass is 35.5. The van der Waals surface area contributed by atoms with E-state index in [1.165, 1.54) is 13.3 Å². The molecule has 2 rings (SSSR count). The standard InChI is InChI=1S/C19H24ClN3O4/c1-3-22-18(17(26-2)16(21)19(24)25)23-11-14-5-4-6-15(27-14)12-7-9-13(20)10-8-12/h3,7-10,14-15H,1,4-6,11,21H2,2H3,(H,22,23)(H,24,25)/b17-16+/t14-,15+/m1/s1. The van der Waals surface area contributed by atoms with E-state index >= 15 is 0 Å². The molecule has 0 bridgehead atoms. The van der Waals surface area contributed by atoms with Gasteiger partial charge >= 0.3 is 5.97 Å². The number of methoxy groups -OCH3 is 1. The van der Waals surface area contributed by atoms with E-state index in [-0.39, 0.29) is 23.8 Å². The molecule has 146 valence electrons. The number of ether oxygens (including phenoxy) is 2. The minimum absolute atomic E-state index is 0.0101. The zero-order valence-electron chi connectivity index (χ0n) is 15.2. The summed E-state index contributed by atoms with van der Waals surface area (Å²) in [5, 5.41) is 12.8. The fraction of sp³-hybridized carbons (Fsp3) is 0.368. The lowest BCUT2D eigenvalue weighted by Crippen LogP contribution is -2.38. The molecule has 1 saturated heterocycles. The molecular weight excluding hydrogens is 370 g/mol. The average Bonchev–Trinajstić information content (AvgIpc) is 2.67. The molecule has 0 saturated carbocycles. The van der Waals surface area contributed by atoms with Crippen LogP contribution in [0.2, 0.25) is 5.02 Å². The predicted octanol–water partition coefficient (Wildman–Crippen LogP) is 2.98. The minimum Gasteiger partial charge on any atom is -0.491 e. The number of nitrogens with zero attached hydrogens (tertiary/aromatic N) is 1. The predicted molar refractivity (Wildman–Crippen MR) is 104 cm³/mol. The maximum absolute atomic E-state index is 11.1. The Hall–Kier alpha value is -2.51. The Morgan fingerprint density at radius 3 is 2.78 bits per heavy atom. The summed E-state index contributed by atoms with van der Waals surface area (Å²) >= 11 is 5.94. The second-order valence-electron chi connectivity index (χ2n) is 6.02. The summed E-state index contributed by atoms with van der Waals surface area (Å²) in [7, 11) is 1.33. The van der Waals surface area contributed by atoms with Crippen molar-refractivity contribution in [2.75, 3.05) is 13.7 Å². The number of rotatable bonds is 7. The van der Waals surface area contributed by atoms with Crippen LogP contribution in [0, 0.1) is 0 Å². The summed E-state index contributed by atoms with van der Waals surface area (Å²) in [5.41, 5.74) is 6.22. The number of carbonyl (C=O) groups is 1. The molecule has 1 aliphatic heterocycles. The van der Waals surface area contributed by atoms with Crippen molar-refractivity contribution in [3.63, 3.8) is 0 Å². The van der Waals surface area contributed by atoms with E-state index in [0.29, 0.717) is 11.6 Å². The SMILES string of the molecule is C=C/N=C(NC[C@H]1CCC[C@@H](c2ccc(Cl)cc2)O1)\C(OC)=C(/N)C(=O)O. The number of benzene rings is 1. The number of carboxylic acids is 1. The van der Waals surface area contributed by atoms with Crippen LogP contribution in [0.15, 0.2) is 53.5 Å². The first kappa shape index (κ1) is 20.8. The third kappa shape index (κ3) is 5.74. The monoisotopic (exact) mass is 393 g/mol. The van der Waals surface area contributed by atoms with Crippen LogP contribution in [-0.2, 0) is 14.3 Å². The maximum atomic E-state index is 11.1.